The van der Waals surface area contributed by atoms with Gasteiger partial charge in [-0.25, -0.2) is 9.79 Å². The Morgan fingerprint density at radius 1 is 1.40 bits per heavy atom. The molecule has 0 aliphatic rings. The molecule has 80 valence electrons. The first kappa shape index (κ1) is 11.9. The fraction of sp³-hybridized carbons (Fsp3) is 0.222. The molecule has 1 rings (SSSR count). The predicted octanol–water partition coefficient (Wildman–Crippen LogP) is 3.30. The minimum atomic E-state index is -4.45. The molecule has 0 unspecified atom stereocenters. The molecule has 1 aromatic rings. The molecular formula is C9H5BrF3NO. The fourth-order valence-corrected chi connectivity index (χ4v) is 1.59. The summed E-state index contributed by atoms with van der Waals surface area (Å²) in [6.45, 7) is -0.334. The Morgan fingerprint density at radius 2 is 2.07 bits per heavy atom. The number of hydrogen-bond acceptors (Lipinski definition) is 2. The molecule has 0 bridgehead atoms. The molecule has 0 aliphatic carbocycles. The Labute approximate surface area is 91.9 Å². The number of isocyanates is 1. The first-order valence-electron chi connectivity index (χ1n) is 3.85. The summed E-state index contributed by atoms with van der Waals surface area (Å²) in [5.74, 6) is 0. The first-order valence-corrected chi connectivity index (χ1v) is 4.64. The summed E-state index contributed by atoms with van der Waals surface area (Å²) in [5.41, 5.74) is -0.857. The molecule has 0 atom stereocenters. The predicted molar refractivity (Wildman–Crippen MR) is 51.0 cm³/mol. The van der Waals surface area contributed by atoms with Gasteiger partial charge >= 0.3 is 6.18 Å². The molecule has 0 fully saturated rings. The third-order valence-corrected chi connectivity index (χ3v) is 2.47. The van der Waals surface area contributed by atoms with Gasteiger partial charge in [0.1, 0.15) is 0 Å². The molecule has 0 saturated carbocycles. The second-order valence-electron chi connectivity index (χ2n) is 2.67. The highest BCUT2D eigenvalue weighted by molar-refractivity contribution is 9.10. The molecule has 15 heavy (non-hydrogen) atoms. The van der Waals surface area contributed by atoms with E-state index in [9.17, 15) is 18.0 Å². The lowest BCUT2D eigenvalue weighted by atomic mass is 10.1. The highest BCUT2D eigenvalue weighted by Crippen LogP contribution is 2.35. The third-order valence-electron chi connectivity index (χ3n) is 1.73. The van der Waals surface area contributed by atoms with Crippen molar-refractivity contribution in [2.45, 2.75) is 12.7 Å². The van der Waals surface area contributed by atoms with Crippen molar-refractivity contribution in [3.8, 4) is 0 Å². The number of halogens is 4. The van der Waals surface area contributed by atoms with E-state index in [4.69, 9.17) is 0 Å². The molecule has 0 spiro atoms. The van der Waals surface area contributed by atoms with Crippen LogP contribution in [0.2, 0.25) is 0 Å². The molecule has 0 heterocycles. The Balaban J connectivity index is 3.26. The smallest absolute Gasteiger partial charge is 0.211 e. The minimum absolute atomic E-state index is 0.0617. The monoisotopic (exact) mass is 279 g/mol. The topological polar surface area (TPSA) is 29.4 Å². The minimum Gasteiger partial charge on any atom is -0.211 e. The van der Waals surface area contributed by atoms with E-state index in [-0.39, 0.29) is 16.6 Å². The molecular weight excluding hydrogens is 275 g/mol. The molecule has 0 amide bonds. The van der Waals surface area contributed by atoms with E-state index in [2.05, 4.69) is 20.9 Å². The van der Waals surface area contributed by atoms with Crippen LogP contribution in [0.25, 0.3) is 0 Å². The van der Waals surface area contributed by atoms with Crippen LogP contribution in [0.3, 0.4) is 0 Å². The quantitative estimate of drug-likeness (QED) is 0.603. The molecule has 0 radical (unpaired) electrons. The van der Waals surface area contributed by atoms with Gasteiger partial charge in [-0.15, -0.1) is 0 Å². The summed E-state index contributed by atoms with van der Waals surface area (Å²) < 4.78 is 37.8. The van der Waals surface area contributed by atoms with Crippen molar-refractivity contribution in [1.29, 1.82) is 0 Å². The lowest BCUT2D eigenvalue weighted by molar-refractivity contribution is -0.138. The van der Waals surface area contributed by atoms with Crippen LogP contribution in [0, 0.1) is 0 Å². The van der Waals surface area contributed by atoms with E-state index in [1.807, 2.05) is 0 Å². The summed E-state index contributed by atoms with van der Waals surface area (Å²) in [6.07, 6.45) is -3.24. The van der Waals surface area contributed by atoms with Gasteiger partial charge in [0, 0.05) is 10.0 Å². The summed E-state index contributed by atoms with van der Waals surface area (Å²) >= 11 is 2.98. The average Bonchev–Trinajstić information content (AvgIpc) is 2.14. The number of hydrogen-bond donors (Lipinski definition) is 0. The first-order chi connectivity index (χ1) is 6.96. The van der Waals surface area contributed by atoms with Gasteiger partial charge in [0.2, 0.25) is 6.08 Å². The number of rotatable bonds is 2. The maximum Gasteiger partial charge on any atom is 0.416 e. The Morgan fingerprint density at radius 3 is 2.60 bits per heavy atom. The fourth-order valence-electron chi connectivity index (χ4n) is 1.10. The Hall–Kier alpha value is -1.13. The maximum atomic E-state index is 12.5. The molecule has 1 aromatic carbocycles. The van der Waals surface area contributed by atoms with Crippen LogP contribution >= 0.6 is 15.9 Å². The van der Waals surface area contributed by atoms with Gasteiger partial charge in [0.25, 0.3) is 0 Å². The van der Waals surface area contributed by atoms with E-state index in [1.165, 1.54) is 18.2 Å². The zero-order chi connectivity index (χ0) is 11.5. The average molecular weight is 280 g/mol. The maximum absolute atomic E-state index is 12.5. The molecule has 0 aromatic heterocycles. The SMILES string of the molecule is O=C=NCc1c(Br)cccc1C(F)(F)F. The number of nitrogens with zero attached hydrogens (tertiary/aromatic N) is 1. The Kier molecular flexibility index (Phi) is 3.66. The number of alkyl halides is 3. The van der Waals surface area contributed by atoms with Crippen LogP contribution in [0.15, 0.2) is 27.7 Å². The largest absolute Gasteiger partial charge is 0.416 e. The van der Waals surface area contributed by atoms with Gasteiger partial charge in [0.15, 0.2) is 0 Å². The van der Waals surface area contributed by atoms with Crippen molar-refractivity contribution >= 4 is 22.0 Å². The standard InChI is InChI=1S/C9H5BrF3NO/c10-8-3-1-2-7(9(11,12)13)6(8)4-14-5-15/h1-3H,4H2. The van der Waals surface area contributed by atoms with Crippen molar-refractivity contribution in [2.24, 2.45) is 4.99 Å². The van der Waals surface area contributed by atoms with Gasteiger partial charge in [-0.3, -0.25) is 0 Å². The zero-order valence-corrected chi connectivity index (χ0v) is 8.89. The summed E-state index contributed by atoms with van der Waals surface area (Å²) in [5, 5.41) is 0. The van der Waals surface area contributed by atoms with Gasteiger partial charge in [0.05, 0.1) is 12.1 Å². The number of benzene rings is 1. The van der Waals surface area contributed by atoms with Gasteiger partial charge < -0.3 is 0 Å². The van der Waals surface area contributed by atoms with Crippen LogP contribution < -0.4 is 0 Å². The number of carbonyl (C=O) groups excluding carboxylic acids is 1. The van der Waals surface area contributed by atoms with Crippen molar-refractivity contribution < 1.29 is 18.0 Å². The molecule has 0 aliphatic heterocycles. The summed E-state index contributed by atoms with van der Waals surface area (Å²) in [7, 11) is 0. The van der Waals surface area contributed by atoms with Crippen LogP contribution in [0.1, 0.15) is 11.1 Å². The van der Waals surface area contributed by atoms with E-state index < -0.39 is 11.7 Å². The third kappa shape index (κ3) is 2.91. The molecule has 6 heteroatoms. The van der Waals surface area contributed by atoms with E-state index >= 15 is 0 Å². The highest BCUT2D eigenvalue weighted by Gasteiger charge is 2.33. The Bertz CT molecular complexity index is 410. The van der Waals surface area contributed by atoms with Crippen LogP contribution in [-0.2, 0) is 17.5 Å². The van der Waals surface area contributed by atoms with Gasteiger partial charge in [-0.1, -0.05) is 22.0 Å². The second-order valence-corrected chi connectivity index (χ2v) is 3.53. The van der Waals surface area contributed by atoms with Crippen LogP contribution in [0.5, 0.6) is 0 Å². The van der Waals surface area contributed by atoms with Crippen LogP contribution in [-0.4, -0.2) is 6.08 Å². The second kappa shape index (κ2) is 4.59. The molecule has 0 saturated heterocycles. The lowest BCUT2D eigenvalue weighted by Crippen LogP contribution is -2.09. The van der Waals surface area contributed by atoms with Crippen LogP contribution in [0.4, 0.5) is 13.2 Å². The number of aliphatic imine (C=N–C) groups is 1. The molecule has 2 nitrogen and oxygen atoms in total. The van der Waals surface area contributed by atoms with Gasteiger partial charge in [-0.2, -0.15) is 13.2 Å². The highest BCUT2D eigenvalue weighted by atomic mass is 79.9. The zero-order valence-electron chi connectivity index (χ0n) is 7.31. The van der Waals surface area contributed by atoms with Crippen molar-refractivity contribution in [3.05, 3.63) is 33.8 Å². The van der Waals surface area contributed by atoms with E-state index in [0.29, 0.717) is 0 Å². The normalized spacial score (nSPS) is 10.9. The van der Waals surface area contributed by atoms with E-state index in [0.717, 1.165) is 6.07 Å². The molecule has 0 N–H and O–H groups in total. The van der Waals surface area contributed by atoms with Gasteiger partial charge in [-0.05, 0) is 12.1 Å². The van der Waals surface area contributed by atoms with Crippen molar-refractivity contribution in [2.75, 3.05) is 0 Å². The lowest BCUT2D eigenvalue weighted by Gasteiger charge is -2.12. The van der Waals surface area contributed by atoms with E-state index in [1.54, 1.807) is 0 Å². The summed E-state index contributed by atoms with van der Waals surface area (Å²) in [6, 6.07) is 3.69. The van der Waals surface area contributed by atoms with Crippen molar-refractivity contribution in [3.63, 3.8) is 0 Å². The van der Waals surface area contributed by atoms with Crippen molar-refractivity contribution in [1.82, 2.24) is 0 Å². The summed E-state index contributed by atoms with van der Waals surface area (Å²) in [4.78, 5) is 13.0.